The third kappa shape index (κ3) is 4.92. The smallest absolute Gasteiger partial charge is 0.335 e. The van der Waals surface area contributed by atoms with Crippen LogP contribution in [0.15, 0.2) is 48.5 Å². The summed E-state index contributed by atoms with van der Waals surface area (Å²) in [7, 11) is 0. The summed E-state index contributed by atoms with van der Waals surface area (Å²) < 4.78 is 0. The summed E-state index contributed by atoms with van der Waals surface area (Å²) in [6.07, 6.45) is 0. The van der Waals surface area contributed by atoms with E-state index >= 15 is 0 Å². The maximum absolute atomic E-state index is 12.6. The minimum atomic E-state index is -1.03. The predicted octanol–water partition coefficient (Wildman–Crippen LogP) is 3.09. The van der Waals surface area contributed by atoms with Crippen LogP contribution in [0.1, 0.15) is 40.1 Å². The molecule has 1 unspecified atom stereocenters. The van der Waals surface area contributed by atoms with Crippen molar-refractivity contribution in [2.24, 2.45) is 5.92 Å². The fraction of sp³-hybridized carbons (Fsp3) is 0.250. The van der Waals surface area contributed by atoms with Gasteiger partial charge < -0.3 is 15.7 Å². The van der Waals surface area contributed by atoms with Gasteiger partial charge in [-0.15, -0.1) is 0 Å². The topological polar surface area (TPSA) is 95.5 Å². The zero-order valence-corrected chi connectivity index (χ0v) is 14.9. The molecule has 0 aliphatic rings. The third-order valence-corrected chi connectivity index (χ3v) is 3.95. The number of carboxylic acid groups (broad SMARTS) is 1. The molecule has 0 bridgehead atoms. The van der Waals surface area contributed by atoms with Crippen LogP contribution in [-0.2, 0) is 4.79 Å². The summed E-state index contributed by atoms with van der Waals surface area (Å²) in [6.45, 7) is 5.61. The lowest BCUT2D eigenvalue weighted by molar-refractivity contribution is -0.118. The zero-order chi connectivity index (χ0) is 19.3. The van der Waals surface area contributed by atoms with Gasteiger partial charge in [-0.1, -0.05) is 31.5 Å². The van der Waals surface area contributed by atoms with Gasteiger partial charge in [0.25, 0.3) is 5.91 Å². The maximum Gasteiger partial charge on any atom is 0.335 e. The Morgan fingerprint density at radius 1 is 0.885 bits per heavy atom. The van der Waals surface area contributed by atoms with Gasteiger partial charge in [-0.05, 0) is 49.2 Å². The molecule has 0 fully saturated rings. The largest absolute Gasteiger partial charge is 0.478 e. The molecule has 0 saturated carbocycles. The van der Waals surface area contributed by atoms with E-state index in [-0.39, 0.29) is 23.3 Å². The van der Waals surface area contributed by atoms with Crippen molar-refractivity contribution in [2.45, 2.75) is 26.8 Å². The first-order valence-corrected chi connectivity index (χ1v) is 8.29. The molecule has 136 valence electrons. The van der Waals surface area contributed by atoms with Crippen LogP contribution in [0.4, 0.5) is 5.69 Å². The molecule has 0 aliphatic heterocycles. The molecule has 0 saturated heterocycles. The highest BCUT2D eigenvalue weighted by molar-refractivity contribution is 6.01. The molecular weight excluding hydrogens is 332 g/mol. The Morgan fingerprint density at radius 3 is 1.92 bits per heavy atom. The Kier molecular flexibility index (Phi) is 6.11. The number of amides is 2. The number of hydrogen-bond acceptors (Lipinski definition) is 3. The molecule has 2 amide bonds. The van der Waals surface area contributed by atoms with Gasteiger partial charge in [0.1, 0.15) is 6.04 Å². The van der Waals surface area contributed by atoms with Crippen molar-refractivity contribution < 1.29 is 19.5 Å². The molecule has 0 heterocycles. The number of aromatic carboxylic acids is 1. The lowest BCUT2D eigenvalue weighted by Crippen LogP contribution is -2.47. The highest BCUT2D eigenvalue weighted by atomic mass is 16.4. The van der Waals surface area contributed by atoms with E-state index in [4.69, 9.17) is 5.11 Å². The Bertz CT molecular complexity index is 796. The molecule has 0 aliphatic carbocycles. The standard InChI is InChI=1S/C20H22N2O4/c1-12(2)17(22-18(23)14-6-4-13(3)5-7-14)19(24)21-16-10-8-15(9-11-16)20(25)26/h4-12,17H,1-3H3,(H,21,24)(H,22,23)(H,25,26). The van der Waals surface area contributed by atoms with Crippen LogP contribution >= 0.6 is 0 Å². The Balaban J connectivity index is 2.08. The van der Waals surface area contributed by atoms with Crippen molar-refractivity contribution in [2.75, 3.05) is 5.32 Å². The van der Waals surface area contributed by atoms with Gasteiger partial charge in [-0.25, -0.2) is 4.79 Å². The number of anilines is 1. The van der Waals surface area contributed by atoms with E-state index in [1.807, 2.05) is 32.9 Å². The SMILES string of the molecule is Cc1ccc(C(=O)NC(C(=O)Nc2ccc(C(=O)O)cc2)C(C)C)cc1. The van der Waals surface area contributed by atoms with Gasteiger partial charge in [-0.3, -0.25) is 9.59 Å². The molecule has 0 spiro atoms. The van der Waals surface area contributed by atoms with E-state index in [1.165, 1.54) is 24.3 Å². The first-order valence-electron chi connectivity index (χ1n) is 8.29. The van der Waals surface area contributed by atoms with Gasteiger partial charge >= 0.3 is 5.97 Å². The second-order valence-electron chi connectivity index (χ2n) is 6.43. The first-order chi connectivity index (χ1) is 12.3. The van der Waals surface area contributed by atoms with Crippen LogP contribution in [-0.4, -0.2) is 28.9 Å². The van der Waals surface area contributed by atoms with Crippen LogP contribution < -0.4 is 10.6 Å². The number of hydrogen-bond donors (Lipinski definition) is 3. The number of carboxylic acids is 1. The van der Waals surface area contributed by atoms with E-state index < -0.39 is 12.0 Å². The van der Waals surface area contributed by atoms with Crippen LogP contribution in [0.2, 0.25) is 0 Å². The second-order valence-corrected chi connectivity index (χ2v) is 6.43. The van der Waals surface area contributed by atoms with Crippen LogP contribution in [0.5, 0.6) is 0 Å². The van der Waals surface area contributed by atoms with Crippen molar-refractivity contribution in [3.63, 3.8) is 0 Å². The Labute approximate surface area is 152 Å². The molecule has 0 radical (unpaired) electrons. The normalized spacial score (nSPS) is 11.7. The summed E-state index contributed by atoms with van der Waals surface area (Å²) >= 11 is 0. The van der Waals surface area contributed by atoms with Crippen LogP contribution in [0.25, 0.3) is 0 Å². The number of rotatable bonds is 6. The molecule has 2 aromatic carbocycles. The van der Waals surface area contributed by atoms with E-state index in [2.05, 4.69) is 10.6 Å². The van der Waals surface area contributed by atoms with Crippen molar-refractivity contribution >= 4 is 23.5 Å². The van der Waals surface area contributed by atoms with Crippen molar-refractivity contribution in [1.29, 1.82) is 0 Å². The third-order valence-electron chi connectivity index (χ3n) is 3.95. The Hall–Kier alpha value is -3.15. The average molecular weight is 354 g/mol. The van der Waals surface area contributed by atoms with E-state index in [0.717, 1.165) is 5.56 Å². The van der Waals surface area contributed by atoms with Crippen LogP contribution in [0, 0.1) is 12.8 Å². The maximum atomic E-state index is 12.6. The van der Waals surface area contributed by atoms with Gasteiger partial charge in [-0.2, -0.15) is 0 Å². The number of nitrogens with one attached hydrogen (secondary N) is 2. The molecule has 3 N–H and O–H groups in total. The van der Waals surface area contributed by atoms with E-state index in [1.54, 1.807) is 12.1 Å². The minimum Gasteiger partial charge on any atom is -0.478 e. The second kappa shape index (κ2) is 8.29. The predicted molar refractivity (Wildman–Crippen MR) is 99.3 cm³/mol. The van der Waals surface area contributed by atoms with Gasteiger partial charge in [0, 0.05) is 11.3 Å². The lowest BCUT2D eigenvalue weighted by Gasteiger charge is -2.22. The highest BCUT2D eigenvalue weighted by Gasteiger charge is 2.24. The van der Waals surface area contributed by atoms with E-state index in [9.17, 15) is 14.4 Å². The number of carbonyl (C=O) groups excluding carboxylic acids is 2. The van der Waals surface area contributed by atoms with Crippen molar-refractivity contribution in [1.82, 2.24) is 5.32 Å². The van der Waals surface area contributed by atoms with E-state index in [0.29, 0.717) is 11.3 Å². The van der Waals surface area contributed by atoms with Gasteiger partial charge in [0.05, 0.1) is 5.56 Å². The zero-order valence-electron chi connectivity index (χ0n) is 14.9. The molecule has 1 atom stereocenters. The molecule has 26 heavy (non-hydrogen) atoms. The summed E-state index contributed by atoms with van der Waals surface area (Å²) in [4.78, 5) is 35.8. The summed E-state index contributed by atoms with van der Waals surface area (Å²) in [6, 6.07) is 12.2. The summed E-state index contributed by atoms with van der Waals surface area (Å²) in [5, 5.41) is 14.4. The van der Waals surface area contributed by atoms with Crippen molar-refractivity contribution in [3.05, 3.63) is 65.2 Å². The summed E-state index contributed by atoms with van der Waals surface area (Å²) in [5.74, 6) is -1.83. The molecule has 6 heteroatoms. The lowest BCUT2D eigenvalue weighted by atomic mass is 10.0. The van der Waals surface area contributed by atoms with Crippen LogP contribution in [0.3, 0.4) is 0 Å². The average Bonchev–Trinajstić information content (AvgIpc) is 2.60. The first kappa shape index (κ1) is 19.2. The Morgan fingerprint density at radius 2 is 1.42 bits per heavy atom. The highest BCUT2D eigenvalue weighted by Crippen LogP contribution is 2.13. The monoisotopic (exact) mass is 354 g/mol. The number of carbonyl (C=O) groups is 3. The summed E-state index contributed by atoms with van der Waals surface area (Å²) in [5.41, 5.74) is 2.13. The molecule has 6 nitrogen and oxygen atoms in total. The van der Waals surface area contributed by atoms with Gasteiger partial charge in [0.15, 0.2) is 0 Å². The van der Waals surface area contributed by atoms with Crippen molar-refractivity contribution in [3.8, 4) is 0 Å². The fourth-order valence-corrected chi connectivity index (χ4v) is 2.38. The number of aryl methyl sites for hydroxylation is 1. The molecule has 2 rings (SSSR count). The molecular formula is C20H22N2O4. The quantitative estimate of drug-likeness (QED) is 0.743. The molecule has 0 aromatic heterocycles. The molecule has 2 aromatic rings. The number of benzene rings is 2. The minimum absolute atomic E-state index is 0.123. The fourth-order valence-electron chi connectivity index (χ4n) is 2.38. The van der Waals surface area contributed by atoms with Gasteiger partial charge in [0.2, 0.25) is 5.91 Å².